The third kappa shape index (κ3) is 9.11. The van der Waals surface area contributed by atoms with Crippen LogP contribution in [0, 0.1) is 0 Å². The quantitative estimate of drug-likeness (QED) is 0.434. The number of thiol groups is 1. The Hall–Kier alpha value is 1.54. The number of rotatable bonds is 2. The number of nitrogens with one attached hydrogen (secondary N) is 1. The van der Waals surface area contributed by atoms with Crippen molar-refractivity contribution in [2.24, 2.45) is 0 Å². The van der Waals surface area contributed by atoms with E-state index in [2.05, 4.69) is 17.5 Å². The van der Waals surface area contributed by atoms with Gasteiger partial charge in [-0.3, -0.25) is 0 Å². The Morgan fingerprint density at radius 3 is 2.17 bits per heavy atom. The molecule has 0 aromatic heterocycles. The van der Waals surface area contributed by atoms with Gasteiger partial charge in [-0.1, -0.05) is 0 Å². The first-order chi connectivity index (χ1) is 2.41. The average Bonchev–Trinajstić information content (AvgIpc) is 1.41. The number of hydrogen-bond donors (Lipinski definition) is 2. The van der Waals surface area contributed by atoms with Crippen LogP contribution in [0.3, 0.4) is 0 Å². The van der Waals surface area contributed by atoms with E-state index in [-0.39, 0.29) is 27.7 Å². The van der Waals surface area contributed by atoms with Gasteiger partial charge in [0.05, 0.1) is 0 Å². The second kappa shape index (κ2) is 9.73. The zero-order valence-corrected chi connectivity index (χ0v) is 10.6. The summed E-state index contributed by atoms with van der Waals surface area (Å²) < 4.78 is 0. The van der Waals surface area contributed by atoms with Crippen LogP contribution in [0.5, 0.6) is 0 Å². The average molecular weight is 312 g/mol. The van der Waals surface area contributed by atoms with Crippen LogP contribution in [0.25, 0.3) is 0 Å². The second-order valence-corrected chi connectivity index (χ2v) is 1.32. The third-order valence-corrected chi connectivity index (χ3v) is 0.619. The smallest absolute Gasteiger partial charge is 0.0196 e. The fourth-order valence-corrected chi connectivity index (χ4v) is 0.380. The fraction of sp³-hybridized carbons (Fsp3) is 1.00. The molecule has 0 saturated carbocycles. The van der Waals surface area contributed by atoms with E-state index in [4.69, 9.17) is 11.8 Å². The van der Waals surface area contributed by atoms with Crippen LogP contribution in [0.1, 0.15) is 0 Å². The van der Waals surface area contributed by atoms with Gasteiger partial charge in [0, 0.05) is 40.0 Å². The monoisotopic (exact) mass is 313 g/mol. The first kappa shape index (κ1) is 10.5. The van der Waals surface area contributed by atoms with Crippen LogP contribution < -0.4 is 4.84 Å². The second-order valence-electron chi connectivity index (χ2n) is 0.607. The van der Waals surface area contributed by atoms with Gasteiger partial charge in [0.2, 0.25) is 0 Å². The molecule has 1 N–H and O–H groups in total. The number of hydrogen-bond acceptors (Lipinski definition) is 2. The molecule has 0 saturated heterocycles. The summed E-state index contributed by atoms with van der Waals surface area (Å²) in [5.74, 6) is 0.795. The van der Waals surface area contributed by atoms with Crippen LogP contribution >= 0.6 is 24.4 Å². The van der Waals surface area contributed by atoms with Crippen LogP contribution in [0.4, 0.5) is 0 Å². The predicted molar refractivity (Wildman–Crippen MR) is 27.7 cm³/mol. The summed E-state index contributed by atoms with van der Waals surface area (Å²) in [7, 11) is 0. The number of halogens is 1. The van der Waals surface area contributed by atoms with Gasteiger partial charge in [-0.2, -0.15) is 12.6 Å². The maximum Gasteiger partial charge on any atom is 0.0196 e. The van der Waals surface area contributed by atoms with Crippen molar-refractivity contribution in [3.63, 3.8) is 0 Å². The van der Waals surface area contributed by atoms with E-state index in [1.54, 1.807) is 0 Å². The maximum absolute atomic E-state index is 5.00. The Bertz CT molecular complexity index is 21.0. The minimum atomic E-state index is 0. The summed E-state index contributed by atoms with van der Waals surface area (Å²) in [6.07, 6.45) is 0. The standard InChI is InChI=1S/C2H6ClNS.Hg/c3-4-1-2-5;/h4-5H,1-2H2;. The van der Waals surface area contributed by atoms with Crippen LogP contribution in [0.2, 0.25) is 0 Å². The summed E-state index contributed by atoms with van der Waals surface area (Å²) >= 11 is 8.86. The Balaban J connectivity index is 0. The van der Waals surface area contributed by atoms with E-state index in [9.17, 15) is 0 Å². The molecule has 0 aromatic rings. The molecule has 0 spiro atoms. The summed E-state index contributed by atoms with van der Waals surface area (Å²) in [5, 5.41) is 0. The summed E-state index contributed by atoms with van der Waals surface area (Å²) in [5.41, 5.74) is 0. The fourth-order valence-electron chi connectivity index (χ4n) is 0.0423. The van der Waals surface area contributed by atoms with E-state index in [1.807, 2.05) is 0 Å². The zero-order chi connectivity index (χ0) is 4.12. The molecular formula is C2H6ClHgNS. The molecule has 0 radical (unpaired) electrons. The third-order valence-electron chi connectivity index (χ3n) is 0.206. The zero-order valence-electron chi connectivity index (χ0n) is 3.45. The SMILES string of the molecule is SCCNCl.[Hg]. The minimum absolute atomic E-state index is 0. The molecule has 0 aliphatic carbocycles. The van der Waals surface area contributed by atoms with Crippen molar-refractivity contribution in [3.8, 4) is 0 Å². The molecule has 0 heterocycles. The molecule has 34 valence electrons. The van der Waals surface area contributed by atoms with E-state index in [0.29, 0.717) is 0 Å². The van der Waals surface area contributed by atoms with Gasteiger partial charge in [0.25, 0.3) is 0 Å². The van der Waals surface area contributed by atoms with Gasteiger partial charge in [-0.15, -0.1) is 0 Å². The summed E-state index contributed by atoms with van der Waals surface area (Å²) in [6.45, 7) is 0.769. The Kier molecular flexibility index (Phi) is 17.0. The molecule has 0 unspecified atom stereocenters. The Labute approximate surface area is 68.9 Å². The van der Waals surface area contributed by atoms with E-state index in [1.165, 1.54) is 0 Å². The molecule has 0 rings (SSSR count). The first-order valence-electron chi connectivity index (χ1n) is 1.36. The van der Waals surface area contributed by atoms with Crippen LogP contribution in [0.15, 0.2) is 0 Å². The normalized spacial score (nSPS) is 7.00. The van der Waals surface area contributed by atoms with Crippen molar-refractivity contribution < 1.29 is 27.7 Å². The summed E-state index contributed by atoms with van der Waals surface area (Å²) in [6, 6.07) is 0. The Morgan fingerprint density at radius 1 is 1.67 bits per heavy atom. The predicted octanol–water partition coefficient (Wildman–Crippen LogP) is 0.657. The topological polar surface area (TPSA) is 12.0 Å². The van der Waals surface area contributed by atoms with Crippen molar-refractivity contribution in [2.45, 2.75) is 0 Å². The molecular weight excluding hydrogens is 306 g/mol. The van der Waals surface area contributed by atoms with E-state index >= 15 is 0 Å². The molecule has 0 fully saturated rings. The van der Waals surface area contributed by atoms with Gasteiger partial charge in [-0.25, -0.2) is 4.84 Å². The molecule has 0 atom stereocenters. The van der Waals surface area contributed by atoms with Crippen molar-refractivity contribution in [2.75, 3.05) is 12.3 Å². The molecule has 0 amide bonds. The molecule has 1 nitrogen and oxygen atoms in total. The first-order valence-corrected chi connectivity index (χ1v) is 2.37. The molecule has 6 heavy (non-hydrogen) atoms. The minimum Gasteiger partial charge on any atom is -0.233 e. The molecule has 0 aromatic carbocycles. The molecule has 0 aliphatic rings. The van der Waals surface area contributed by atoms with Gasteiger partial charge >= 0.3 is 0 Å². The molecule has 0 bridgehead atoms. The summed E-state index contributed by atoms with van der Waals surface area (Å²) in [4.78, 5) is 2.41. The van der Waals surface area contributed by atoms with Crippen molar-refractivity contribution in [3.05, 3.63) is 0 Å². The Morgan fingerprint density at radius 2 is 2.17 bits per heavy atom. The van der Waals surface area contributed by atoms with Crippen molar-refractivity contribution in [1.82, 2.24) is 4.84 Å². The molecule has 4 heteroatoms. The van der Waals surface area contributed by atoms with Gasteiger partial charge in [-0.05, 0) is 11.8 Å². The van der Waals surface area contributed by atoms with E-state index < -0.39 is 0 Å². The van der Waals surface area contributed by atoms with E-state index in [0.717, 1.165) is 12.3 Å². The molecule has 0 aliphatic heterocycles. The maximum atomic E-state index is 5.00. The van der Waals surface area contributed by atoms with Crippen molar-refractivity contribution >= 4 is 24.4 Å². The van der Waals surface area contributed by atoms with Gasteiger partial charge in [0.15, 0.2) is 0 Å². The van der Waals surface area contributed by atoms with Gasteiger partial charge < -0.3 is 0 Å². The largest absolute Gasteiger partial charge is 0.233 e. The van der Waals surface area contributed by atoms with Crippen molar-refractivity contribution in [1.29, 1.82) is 0 Å². The van der Waals surface area contributed by atoms with Crippen LogP contribution in [-0.4, -0.2) is 12.3 Å². The van der Waals surface area contributed by atoms with Gasteiger partial charge in [0.1, 0.15) is 0 Å². The van der Waals surface area contributed by atoms with Crippen LogP contribution in [-0.2, 0) is 27.7 Å².